The summed E-state index contributed by atoms with van der Waals surface area (Å²) >= 11 is 1.45. The quantitative estimate of drug-likeness (QED) is 0.710. The molecule has 4 N–H and O–H groups in total. The number of aromatic nitrogens is 1. The molecule has 0 saturated carbocycles. The minimum absolute atomic E-state index is 0.0323. The summed E-state index contributed by atoms with van der Waals surface area (Å²) in [4.78, 5) is 28.1. The molecule has 1 rings (SSSR count). The number of nitrogens with one attached hydrogen (secondary N) is 2. The summed E-state index contributed by atoms with van der Waals surface area (Å²) in [6.45, 7) is 9.76. The fraction of sp³-hybridized carbons (Fsp3) is 0.667. The molecule has 0 aromatic carbocycles. The molecule has 7 heteroatoms. The molecule has 22 heavy (non-hydrogen) atoms. The van der Waals surface area contributed by atoms with Crippen LogP contribution in [-0.4, -0.2) is 29.4 Å². The molecule has 0 aliphatic carbocycles. The van der Waals surface area contributed by atoms with Crippen molar-refractivity contribution in [1.29, 1.82) is 0 Å². The van der Waals surface area contributed by atoms with Gasteiger partial charge in [0.2, 0.25) is 11.8 Å². The van der Waals surface area contributed by atoms with Crippen LogP contribution in [0, 0.1) is 18.8 Å². The monoisotopic (exact) mass is 326 g/mol. The number of aryl methyl sites for hydroxylation is 1. The van der Waals surface area contributed by atoms with Gasteiger partial charge in [-0.1, -0.05) is 27.7 Å². The maximum Gasteiger partial charge on any atom is 0.244 e. The van der Waals surface area contributed by atoms with Crippen LogP contribution in [0.1, 0.15) is 38.4 Å². The van der Waals surface area contributed by atoms with E-state index in [2.05, 4.69) is 29.5 Å². The van der Waals surface area contributed by atoms with Crippen LogP contribution in [0.25, 0.3) is 0 Å². The van der Waals surface area contributed by atoms with E-state index in [1.807, 2.05) is 20.8 Å². The average Bonchev–Trinajstić information content (AvgIpc) is 2.73. The molecule has 0 saturated heterocycles. The molecule has 1 aromatic rings. The van der Waals surface area contributed by atoms with Crippen LogP contribution in [0.15, 0.2) is 0 Å². The third-order valence-corrected chi connectivity index (χ3v) is 4.03. The lowest BCUT2D eigenvalue weighted by Gasteiger charge is -2.15. The Morgan fingerprint density at radius 1 is 1.27 bits per heavy atom. The van der Waals surface area contributed by atoms with Crippen molar-refractivity contribution in [3.05, 3.63) is 10.7 Å². The molecular weight excluding hydrogens is 300 g/mol. The van der Waals surface area contributed by atoms with Gasteiger partial charge in [0.05, 0.1) is 23.3 Å². The van der Waals surface area contributed by atoms with Gasteiger partial charge in [0.25, 0.3) is 0 Å². The fourth-order valence-corrected chi connectivity index (χ4v) is 2.71. The summed E-state index contributed by atoms with van der Waals surface area (Å²) in [6, 6.07) is -0.602. The van der Waals surface area contributed by atoms with E-state index in [1.165, 1.54) is 11.3 Å². The molecular formula is C15H26N4O2S. The maximum atomic E-state index is 12.0. The van der Waals surface area contributed by atoms with Gasteiger partial charge in [-0.15, -0.1) is 11.3 Å². The second kappa shape index (κ2) is 8.24. The van der Waals surface area contributed by atoms with E-state index in [9.17, 15) is 9.59 Å². The second-order valence-corrected chi connectivity index (χ2v) is 7.35. The maximum absolute atomic E-state index is 12.0. The number of amides is 2. The van der Waals surface area contributed by atoms with Crippen molar-refractivity contribution in [2.75, 3.05) is 11.9 Å². The van der Waals surface area contributed by atoms with E-state index < -0.39 is 6.04 Å². The van der Waals surface area contributed by atoms with Crippen molar-refractivity contribution >= 4 is 28.2 Å². The van der Waals surface area contributed by atoms with E-state index in [0.29, 0.717) is 5.92 Å². The van der Waals surface area contributed by atoms with Gasteiger partial charge in [-0.2, -0.15) is 0 Å². The lowest BCUT2D eigenvalue weighted by molar-refractivity contribution is -0.125. The molecule has 0 fully saturated rings. The number of anilines is 1. The second-order valence-electron chi connectivity index (χ2n) is 6.14. The first-order valence-corrected chi connectivity index (χ1v) is 8.31. The minimum atomic E-state index is -0.602. The zero-order valence-electron chi connectivity index (χ0n) is 13.9. The van der Waals surface area contributed by atoms with Gasteiger partial charge in [-0.25, -0.2) is 4.98 Å². The van der Waals surface area contributed by atoms with Crippen molar-refractivity contribution in [2.24, 2.45) is 17.6 Å². The Morgan fingerprint density at radius 3 is 2.45 bits per heavy atom. The molecule has 1 atom stereocenters. The van der Waals surface area contributed by atoms with Gasteiger partial charge < -0.3 is 16.4 Å². The molecule has 0 bridgehead atoms. The van der Waals surface area contributed by atoms with E-state index in [-0.39, 0.29) is 24.3 Å². The number of nitrogens with two attached hydrogens (primary N) is 1. The molecule has 1 heterocycles. The number of thiazole rings is 1. The van der Waals surface area contributed by atoms with Crippen LogP contribution in [-0.2, 0) is 16.0 Å². The van der Waals surface area contributed by atoms with E-state index in [0.717, 1.165) is 22.1 Å². The number of hydrogen-bond acceptors (Lipinski definition) is 5. The minimum Gasteiger partial charge on any atom is -0.346 e. The van der Waals surface area contributed by atoms with E-state index in [1.54, 1.807) is 0 Å². The first-order valence-electron chi connectivity index (χ1n) is 7.50. The van der Waals surface area contributed by atoms with Crippen LogP contribution < -0.4 is 16.4 Å². The SMILES string of the molecule is Cc1nc(CC(C)C)c(NC(=O)CNC(=O)[C@@H](N)C(C)C)s1. The van der Waals surface area contributed by atoms with Crippen molar-refractivity contribution < 1.29 is 9.59 Å². The van der Waals surface area contributed by atoms with Crippen molar-refractivity contribution in [1.82, 2.24) is 10.3 Å². The molecule has 0 aliphatic heterocycles. The summed E-state index contributed by atoms with van der Waals surface area (Å²) in [6.07, 6.45) is 0.810. The number of nitrogens with zero attached hydrogens (tertiary/aromatic N) is 1. The number of carbonyl (C=O) groups excluding carboxylic acids is 2. The highest BCUT2D eigenvalue weighted by molar-refractivity contribution is 7.16. The number of carbonyl (C=O) groups is 2. The Balaban J connectivity index is 2.57. The van der Waals surface area contributed by atoms with Gasteiger partial charge in [0, 0.05) is 0 Å². The Hall–Kier alpha value is -1.47. The predicted octanol–water partition coefficient (Wildman–Crippen LogP) is 1.69. The highest BCUT2D eigenvalue weighted by Gasteiger charge is 2.18. The molecule has 0 spiro atoms. The van der Waals surface area contributed by atoms with Gasteiger partial charge >= 0.3 is 0 Å². The summed E-state index contributed by atoms with van der Waals surface area (Å²) in [5, 5.41) is 7.06. The zero-order valence-corrected chi connectivity index (χ0v) is 14.7. The number of rotatable bonds is 7. The van der Waals surface area contributed by atoms with Crippen molar-refractivity contribution in [2.45, 2.75) is 47.1 Å². The summed E-state index contributed by atoms with van der Waals surface area (Å²) < 4.78 is 0. The van der Waals surface area contributed by atoms with Gasteiger partial charge in [0.1, 0.15) is 5.00 Å². The molecule has 0 aliphatic rings. The van der Waals surface area contributed by atoms with Crippen LogP contribution in [0.4, 0.5) is 5.00 Å². The van der Waals surface area contributed by atoms with Crippen LogP contribution in [0.2, 0.25) is 0 Å². The molecule has 124 valence electrons. The highest BCUT2D eigenvalue weighted by Crippen LogP contribution is 2.26. The van der Waals surface area contributed by atoms with Crippen molar-refractivity contribution in [3.63, 3.8) is 0 Å². The van der Waals surface area contributed by atoms with Gasteiger partial charge in [-0.3, -0.25) is 9.59 Å². The summed E-state index contributed by atoms with van der Waals surface area (Å²) in [7, 11) is 0. The molecule has 6 nitrogen and oxygen atoms in total. The molecule has 0 radical (unpaired) electrons. The fourth-order valence-electron chi connectivity index (χ4n) is 1.85. The Morgan fingerprint density at radius 2 is 1.91 bits per heavy atom. The van der Waals surface area contributed by atoms with Gasteiger partial charge in [-0.05, 0) is 25.2 Å². The lowest BCUT2D eigenvalue weighted by atomic mass is 10.1. The summed E-state index contributed by atoms with van der Waals surface area (Å²) in [5.74, 6) is -0.0863. The lowest BCUT2D eigenvalue weighted by Crippen LogP contribution is -2.46. The van der Waals surface area contributed by atoms with Crippen LogP contribution >= 0.6 is 11.3 Å². The smallest absolute Gasteiger partial charge is 0.244 e. The van der Waals surface area contributed by atoms with E-state index >= 15 is 0 Å². The molecule has 1 aromatic heterocycles. The Labute approximate surface area is 135 Å². The highest BCUT2D eigenvalue weighted by atomic mass is 32.1. The topological polar surface area (TPSA) is 97.1 Å². The predicted molar refractivity (Wildman–Crippen MR) is 89.8 cm³/mol. The largest absolute Gasteiger partial charge is 0.346 e. The van der Waals surface area contributed by atoms with E-state index in [4.69, 9.17) is 5.73 Å². The van der Waals surface area contributed by atoms with Crippen molar-refractivity contribution in [3.8, 4) is 0 Å². The van der Waals surface area contributed by atoms with Crippen LogP contribution in [0.5, 0.6) is 0 Å². The first-order chi connectivity index (χ1) is 10.2. The normalized spacial score (nSPS) is 12.5. The standard InChI is InChI=1S/C15H26N4O2S/c1-8(2)6-11-15(22-10(5)18-11)19-12(20)7-17-14(21)13(16)9(3)4/h8-9,13H,6-7,16H2,1-5H3,(H,17,21)(H,19,20)/t13-/m0/s1. The molecule has 0 unspecified atom stereocenters. The van der Waals surface area contributed by atoms with Crippen LogP contribution in [0.3, 0.4) is 0 Å². The summed E-state index contributed by atoms with van der Waals surface area (Å²) in [5.41, 5.74) is 6.63. The third-order valence-electron chi connectivity index (χ3n) is 3.10. The first kappa shape index (κ1) is 18.6. The van der Waals surface area contributed by atoms with Gasteiger partial charge in [0.15, 0.2) is 0 Å². The zero-order chi connectivity index (χ0) is 16.9. The molecule has 2 amide bonds. The number of hydrogen-bond donors (Lipinski definition) is 3. The average molecular weight is 326 g/mol. The Bertz CT molecular complexity index is 526. The Kier molecular flexibility index (Phi) is 6.96. The third kappa shape index (κ3) is 5.73.